The first-order valence-corrected chi connectivity index (χ1v) is 6.65. The highest BCUT2D eigenvalue weighted by atomic mass is 17.2. The molecule has 110 valence electrons. The Kier molecular flexibility index (Phi) is 7.27. The summed E-state index contributed by atoms with van der Waals surface area (Å²) in [6.07, 6.45) is -0.167. The second-order valence-electron chi connectivity index (χ2n) is 6.25. The minimum Gasteiger partial charge on any atom is -0.394 e. The lowest BCUT2D eigenvalue weighted by Gasteiger charge is -2.28. The monoisotopic (exact) mass is 268 g/mol. The molecule has 0 aliphatic rings. The van der Waals surface area contributed by atoms with Crippen molar-refractivity contribution in [2.45, 2.75) is 65.8 Å². The summed E-state index contributed by atoms with van der Waals surface area (Å²) in [4.78, 5) is 10.8. The van der Waals surface area contributed by atoms with Gasteiger partial charge < -0.3 is 5.11 Å². The van der Waals surface area contributed by atoms with Crippen molar-refractivity contribution >= 4 is 0 Å². The van der Waals surface area contributed by atoms with Crippen LogP contribution in [0.4, 0.5) is 0 Å². The quantitative estimate of drug-likeness (QED) is 0.664. The minimum absolute atomic E-state index is 0.167. The largest absolute Gasteiger partial charge is 0.394 e. The molecule has 0 atom stereocenters. The summed E-state index contributed by atoms with van der Waals surface area (Å²) in [5.74, 6) is 0. The third-order valence-electron chi connectivity index (χ3n) is 1.97. The summed E-state index contributed by atoms with van der Waals surface area (Å²) in [7, 11) is 0. The molecule has 0 amide bonds. The lowest BCUT2D eigenvalue weighted by atomic mass is 9.99. The molecule has 0 heterocycles. The highest BCUT2D eigenvalue weighted by Crippen LogP contribution is 2.26. The average molecular weight is 268 g/mol. The van der Waals surface area contributed by atoms with E-state index in [0.29, 0.717) is 0 Å². The molecule has 0 aromatic heterocycles. The molecule has 0 radical (unpaired) electrons. The zero-order chi connectivity index (χ0) is 15.1. The molecule has 0 aliphatic heterocycles. The van der Waals surface area contributed by atoms with Gasteiger partial charge in [-0.1, -0.05) is 30.3 Å². The Labute approximate surface area is 117 Å². The van der Waals surface area contributed by atoms with Gasteiger partial charge in [0.15, 0.2) is 0 Å². The van der Waals surface area contributed by atoms with E-state index in [4.69, 9.17) is 14.9 Å². The van der Waals surface area contributed by atoms with Crippen LogP contribution in [0, 0.1) is 0 Å². The van der Waals surface area contributed by atoms with E-state index < -0.39 is 5.60 Å². The average Bonchev–Trinajstić information content (AvgIpc) is 2.26. The van der Waals surface area contributed by atoms with Gasteiger partial charge in [0.05, 0.1) is 5.60 Å². The Hall–Kier alpha value is -0.900. The van der Waals surface area contributed by atoms with Gasteiger partial charge in [0, 0.05) is 6.10 Å². The molecule has 0 aliphatic carbocycles. The Morgan fingerprint density at radius 1 is 0.895 bits per heavy atom. The number of aliphatic hydroxyl groups is 1. The van der Waals surface area contributed by atoms with E-state index in [2.05, 4.69) is 0 Å². The van der Waals surface area contributed by atoms with Crippen molar-refractivity contribution in [1.29, 1.82) is 0 Å². The highest BCUT2D eigenvalue weighted by molar-refractivity contribution is 5.20. The maximum absolute atomic E-state index is 8.06. The molecule has 3 heteroatoms. The van der Waals surface area contributed by atoms with Crippen LogP contribution < -0.4 is 0 Å². The number of aliphatic hydroxyl groups excluding tert-OH is 1. The van der Waals surface area contributed by atoms with E-state index in [9.17, 15) is 0 Å². The molecule has 0 unspecified atom stereocenters. The van der Waals surface area contributed by atoms with Crippen LogP contribution in [-0.4, -0.2) is 16.8 Å². The lowest BCUT2D eigenvalue weighted by Crippen LogP contribution is -2.28. The van der Waals surface area contributed by atoms with Crippen LogP contribution in [0.15, 0.2) is 30.3 Å². The summed E-state index contributed by atoms with van der Waals surface area (Å²) in [5.41, 5.74) is 0.398. The lowest BCUT2D eigenvalue weighted by molar-refractivity contribution is -0.401. The summed E-state index contributed by atoms with van der Waals surface area (Å²) < 4.78 is 0. The van der Waals surface area contributed by atoms with Gasteiger partial charge in [0.1, 0.15) is 5.60 Å². The third kappa shape index (κ3) is 9.65. The normalized spacial score (nSPS) is 12.1. The van der Waals surface area contributed by atoms with E-state index in [1.165, 1.54) is 0 Å². The molecule has 3 nitrogen and oxygen atoms in total. The molecule has 0 fully saturated rings. The third-order valence-corrected chi connectivity index (χ3v) is 1.97. The first-order valence-electron chi connectivity index (χ1n) is 6.65. The second kappa shape index (κ2) is 7.63. The predicted molar refractivity (Wildman–Crippen MR) is 78.7 cm³/mol. The fourth-order valence-corrected chi connectivity index (χ4v) is 1.12. The number of hydrogen-bond acceptors (Lipinski definition) is 3. The molecule has 0 saturated heterocycles. The van der Waals surface area contributed by atoms with Crippen LogP contribution in [-0.2, 0) is 15.4 Å². The van der Waals surface area contributed by atoms with E-state index in [1.54, 1.807) is 13.8 Å². The van der Waals surface area contributed by atoms with Gasteiger partial charge >= 0.3 is 0 Å². The molecular formula is C16H28O3. The molecule has 0 bridgehead atoms. The molecule has 19 heavy (non-hydrogen) atoms. The van der Waals surface area contributed by atoms with Crippen LogP contribution in [0.25, 0.3) is 0 Å². The highest BCUT2D eigenvalue weighted by Gasteiger charge is 2.25. The zero-order valence-corrected chi connectivity index (χ0v) is 13.2. The van der Waals surface area contributed by atoms with Crippen molar-refractivity contribution in [3.8, 4) is 0 Å². The number of hydrogen-bond donors (Lipinski definition) is 1. The van der Waals surface area contributed by atoms with Crippen LogP contribution in [0.2, 0.25) is 0 Å². The predicted octanol–water partition coefficient (Wildman–Crippen LogP) is 4.06. The van der Waals surface area contributed by atoms with Gasteiger partial charge in [-0.3, -0.25) is 0 Å². The first kappa shape index (κ1) is 18.1. The van der Waals surface area contributed by atoms with Gasteiger partial charge in [-0.15, -0.1) is 0 Å². The van der Waals surface area contributed by atoms with Gasteiger partial charge in [0.2, 0.25) is 0 Å². The Bertz CT molecular complexity index is 334. The van der Waals surface area contributed by atoms with E-state index in [0.717, 1.165) is 5.56 Å². The van der Waals surface area contributed by atoms with Crippen molar-refractivity contribution in [3.63, 3.8) is 0 Å². The molecule has 1 rings (SSSR count). The molecule has 0 spiro atoms. The van der Waals surface area contributed by atoms with Crippen molar-refractivity contribution in [3.05, 3.63) is 35.9 Å². The maximum Gasteiger partial charge on any atom is 0.123 e. The van der Waals surface area contributed by atoms with E-state index in [-0.39, 0.29) is 11.7 Å². The molecule has 1 aromatic carbocycles. The van der Waals surface area contributed by atoms with Crippen molar-refractivity contribution in [2.24, 2.45) is 0 Å². The van der Waals surface area contributed by atoms with Crippen LogP contribution in [0.5, 0.6) is 0 Å². The van der Waals surface area contributed by atoms with Crippen LogP contribution >= 0.6 is 0 Å². The number of rotatable bonds is 3. The number of benzene rings is 1. The molecule has 1 N–H and O–H groups in total. The Balaban J connectivity index is 0.000000711. The SMILES string of the molecule is CC(C)(C)OOC(C)(C)c1ccccc1.CC(C)O. The summed E-state index contributed by atoms with van der Waals surface area (Å²) >= 11 is 0. The summed E-state index contributed by atoms with van der Waals surface area (Å²) in [6, 6.07) is 10.1. The summed E-state index contributed by atoms with van der Waals surface area (Å²) in [5, 5.41) is 8.06. The minimum atomic E-state index is -0.422. The summed E-state index contributed by atoms with van der Waals surface area (Å²) in [6.45, 7) is 13.3. The molecule has 1 aromatic rings. The Morgan fingerprint density at radius 2 is 1.32 bits per heavy atom. The van der Waals surface area contributed by atoms with Gasteiger partial charge in [0.25, 0.3) is 0 Å². The van der Waals surface area contributed by atoms with Gasteiger partial charge in [-0.2, -0.15) is 0 Å². The van der Waals surface area contributed by atoms with Crippen molar-refractivity contribution < 1.29 is 14.9 Å². The fourth-order valence-electron chi connectivity index (χ4n) is 1.12. The standard InChI is InChI=1S/C13H20O2.C3H8O/c1-12(2,3)14-15-13(4,5)11-9-7-6-8-10-11;1-3(2)4/h6-10H,1-5H3;3-4H,1-2H3. The maximum atomic E-state index is 8.06. The van der Waals surface area contributed by atoms with E-state index in [1.807, 2.05) is 65.0 Å². The Morgan fingerprint density at radius 3 is 1.68 bits per heavy atom. The van der Waals surface area contributed by atoms with Crippen LogP contribution in [0.1, 0.15) is 54.0 Å². The topological polar surface area (TPSA) is 38.7 Å². The first-order chi connectivity index (χ1) is 8.54. The smallest absolute Gasteiger partial charge is 0.123 e. The molecular weight excluding hydrogens is 240 g/mol. The second-order valence-corrected chi connectivity index (χ2v) is 6.25. The van der Waals surface area contributed by atoms with Gasteiger partial charge in [-0.25, -0.2) is 9.78 Å². The van der Waals surface area contributed by atoms with Crippen molar-refractivity contribution in [2.75, 3.05) is 0 Å². The van der Waals surface area contributed by atoms with Crippen LogP contribution in [0.3, 0.4) is 0 Å². The molecule has 0 saturated carbocycles. The zero-order valence-electron chi connectivity index (χ0n) is 13.2. The van der Waals surface area contributed by atoms with E-state index >= 15 is 0 Å². The van der Waals surface area contributed by atoms with Crippen molar-refractivity contribution in [1.82, 2.24) is 0 Å². The fraction of sp³-hybridized carbons (Fsp3) is 0.625. The van der Waals surface area contributed by atoms with Gasteiger partial charge in [-0.05, 0) is 54.0 Å².